The molecule has 0 saturated carbocycles. The molecule has 1 aliphatic heterocycles. The Morgan fingerprint density at radius 1 is 1.39 bits per heavy atom. The molecule has 1 aromatic carbocycles. The molecule has 0 aliphatic carbocycles. The summed E-state index contributed by atoms with van der Waals surface area (Å²) in [7, 11) is 0. The predicted octanol–water partition coefficient (Wildman–Crippen LogP) is 2.19. The average molecular weight is 271 g/mol. The van der Waals surface area contributed by atoms with Crippen LogP contribution in [0.5, 0.6) is 0 Å². The van der Waals surface area contributed by atoms with Gasteiger partial charge in [-0.1, -0.05) is 17.7 Å². The number of benzene rings is 1. The quantitative estimate of drug-likeness (QED) is 0.910. The first kappa shape index (κ1) is 13.3. The number of nitrogens with zero attached hydrogens (tertiary/aromatic N) is 1. The average Bonchev–Trinajstić information content (AvgIpc) is 2.86. The van der Waals surface area contributed by atoms with Crippen molar-refractivity contribution in [2.75, 3.05) is 19.6 Å². The van der Waals surface area contributed by atoms with Gasteiger partial charge < -0.3 is 10.2 Å². The van der Waals surface area contributed by atoms with Crippen molar-refractivity contribution in [2.24, 2.45) is 0 Å². The zero-order valence-electron chi connectivity index (χ0n) is 10.1. The fourth-order valence-corrected chi connectivity index (χ4v) is 2.30. The number of hydrogen-bond donors (Lipinski definition) is 1. The van der Waals surface area contributed by atoms with Crippen molar-refractivity contribution in [3.05, 3.63) is 34.6 Å². The fourth-order valence-electron chi connectivity index (χ4n) is 2.07. The van der Waals surface area contributed by atoms with E-state index in [0.717, 1.165) is 25.9 Å². The van der Waals surface area contributed by atoms with Crippen LogP contribution < -0.4 is 5.32 Å². The maximum Gasteiger partial charge on any atom is 0.236 e. The zero-order chi connectivity index (χ0) is 13.0. The van der Waals surface area contributed by atoms with Crippen LogP contribution in [0.2, 0.25) is 5.02 Å². The van der Waals surface area contributed by atoms with Gasteiger partial charge in [0.05, 0.1) is 6.54 Å². The van der Waals surface area contributed by atoms with Gasteiger partial charge in [0.15, 0.2) is 0 Å². The highest BCUT2D eigenvalue weighted by molar-refractivity contribution is 6.31. The summed E-state index contributed by atoms with van der Waals surface area (Å²) in [6.45, 7) is 2.16. The van der Waals surface area contributed by atoms with Crippen LogP contribution in [0, 0.1) is 5.82 Å². The number of halogens is 2. The minimum Gasteiger partial charge on any atom is -0.342 e. The van der Waals surface area contributed by atoms with Gasteiger partial charge in [-0.05, 0) is 25.0 Å². The van der Waals surface area contributed by atoms with Crippen molar-refractivity contribution in [2.45, 2.75) is 19.4 Å². The Kier molecular flexibility index (Phi) is 4.55. The van der Waals surface area contributed by atoms with E-state index in [1.54, 1.807) is 12.1 Å². The van der Waals surface area contributed by atoms with E-state index in [9.17, 15) is 9.18 Å². The molecule has 0 spiro atoms. The normalized spacial score (nSPS) is 15.1. The topological polar surface area (TPSA) is 32.3 Å². The third-order valence-corrected chi connectivity index (χ3v) is 3.45. The lowest BCUT2D eigenvalue weighted by molar-refractivity contribution is -0.129. The Balaban J connectivity index is 1.83. The van der Waals surface area contributed by atoms with Gasteiger partial charge in [0.1, 0.15) is 5.82 Å². The summed E-state index contributed by atoms with van der Waals surface area (Å²) in [5, 5.41) is 3.33. The van der Waals surface area contributed by atoms with Gasteiger partial charge in [-0.3, -0.25) is 4.79 Å². The summed E-state index contributed by atoms with van der Waals surface area (Å²) >= 11 is 5.90. The molecule has 0 unspecified atom stereocenters. The SMILES string of the molecule is O=C(CNCc1c(F)cccc1Cl)N1CCCC1. The van der Waals surface area contributed by atoms with Crippen LogP contribution in [0.4, 0.5) is 4.39 Å². The highest BCUT2D eigenvalue weighted by atomic mass is 35.5. The maximum atomic E-state index is 13.5. The third kappa shape index (κ3) is 3.21. The molecule has 1 aliphatic rings. The monoisotopic (exact) mass is 270 g/mol. The van der Waals surface area contributed by atoms with E-state index >= 15 is 0 Å². The summed E-state index contributed by atoms with van der Waals surface area (Å²) < 4.78 is 13.5. The van der Waals surface area contributed by atoms with E-state index in [1.807, 2.05) is 4.90 Å². The van der Waals surface area contributed by atoms with Crippen LogP contribution >= 0.6 is 11.6 Å². The Bertz CT molecular complexity index is 413. The number of carbonyl (C=O) groups is 1. The molecule has 1 heterocycles. The molecule has 2 rings (SSSR count). The smallest absolute Gasteiger partial charge is 0.236 e. The fraction of sp³-hybridized carbons (Fsp3) is 0.462. The van der Waals surface area contributed by atoms with Gasteiger partial charge >= 0.3 is 0 Å². The second-order valence-corrected chi connectivity index (χ2v) is 4.80. The molecule has 3 nitrogen and oxygen atoms in total. The molecule has 1 aromatic rings. The van der Waals surface area contributed by atoms with Gasteiger partial charge in [-0.2, -0.15) is 0 Å². The molecule has 0 bridgehead atoms. The van der Waals surface area contributed by atoms with Crippen LogP contribution in [0.3, 0.4) is 0 Å². The minimum atomic E-state index is -0.344. The number of amides is 1. The molecule has 18 heavy (non-hydrogen) atoms. The van der Waals surface area contributed by atoms with Crippen molar-refractivity contribution >= 4 is 17.5 Å². The second-order valence-electron chi connectivity index (χ2n) is 4.39. The predicted molar refractivity (Wildman–Crippen MR) is 68.9 cm³/mol. The minimum absolute atomic E-state index is 0.0694. The van der Waals surface area contributed by atoms with Gasteiger partial charge in [0.25, 0.3) is 0 Å². The van der Waals surface area contributed by atoms with Gasteiger partial charge in [-0.25, -0.2) is 4.39 Å². The standard InChI is InChI=1S/C13H16ClFN2O/c14-11-4-3-5-12(15)10(11)8-16-9-13(18)17-6-1-2-7-17/h3-5,16H,1-2,6-9H2. The van der Waals surface area contributed by atoms with Crippen molar-refractivity contribution in [3.63, 3.8) is 0 Å². The molecular formula is C13H16ClFN2O. The van der Waals surface area contributed by atoms with Gasteiger partial charge in [0, 0.05) is 30.2 Å². The van der Waals surface area contributed by atoms with Crippen LogP contribution in [0.15, 0.2) is 18.2 Å². The van der Waals surface area contributed by atoms with Crippen molar-refractivity contribution < 1.29 is 9.18 Å². The second kappa shape index (κ2) is 6.16. The Morgan fingerprint density at radius 2 is 2.11 bits per heavy atom. The van der Waals surface area contributed by atoms with E-state index < -0.39 is 0 Å². The molecular weight excluding hydrogens is 255 g/mol. The zero-order valence-corrected chi connectivity index (χ0v) is 10.8. The van der Waals surface area contributed by atoms with E-state index in [4.69, 9.17) is 11.6 Å². The number of nitrogens with one attached hydrogen (secondary N) is 1. The Labute approximate surface area is 111 Å². The van der Waals surface area contributed by atoms with E-state index in [1.165, 1.54) is 6.07 Å². The van der Waals surface area contributed by atoms with Gasteiger partial charge in [0.2, 0.25) is 5.91 Å². The largest absolute Gasteiger partial charge is 0.342 e. The van der Waals surface area contributed by atoms with Crippen molar-refractivity contribution in [3.8, 4) is 0 Å². The first-order valence-corrected chi connectivity index (χ1v) is 6.47. The summed E-state index contributed by atoms with van der Waals surface area (Å²) in [5.41, 5.74) is 0.411. The molecule has 1 amide bonds. The Hall–Kier alpha value is -1.13. The molecule has 0 radical (unpaired) electrons. The molecule has 1 fully saturated rings. The third-order valence-electron chi connectivity index (χ3n) is 3.10. The van der Waals surface area contributed by atoms with E-state index in [-0.39, 0.29) is 24.8 Å². The van der Waals surface area contributed by atoms with Gasteiger partial charge in [-0.15, -0.1) is 0 Å². The number of carbonyl (C=O) groups excluding carboxylic acids is 1. The van der Waals surface area contributed by atoms with Crippen LogP contribution in [0.1, 0.15) is 18.4 Å². The summed E-state index contributed by atoms with van der Waals surface area (Å²) in [4.78, 5) is 13.6. The summed E-state index contributed by atoms with van der Waals surface area (Å²) in [6.07, 6.45) is 2.15. The molecule has 98 valence electrons. The molecule has 1 saturated heterocycles. The molecule has 1 N–H and O–H groups in total. The summed E-state index contributed by atoms with van der Waals surface area (Å²) in [6, 6.07) is 4.58. The van der Waals surface area contributed by atoms with Crippen molar-refractivity contribution in [1.29, 1.82) is 0 Å². The molecule has 5 heteroatoms. The lowest BCUT2D eigenvalue weighted by Gasteiger charge is -2.15. The number of likely N-dealkylation sites (tertiary alicyclic amines) is 1. The lowest BCUT2D eigenvalue weighted by atomic mass is 10.2. The summed E-state index contributed by atoms with van der Waals surface area (Å²) in [5.74, 6) is -0.274. The number of rotatable bonds is 4. The highest BCUT2D eigenvalue weighted by Gasteiger charge is 2.17. The van der Waals surface area contributed by atoms with E-state index in [2.05, 4.69) is 5.32 Å². The Morgan fingerprint density at radius 3 is 2.78 bits per heavy atom. The first-order valence-electron chi connectivity index (χ1n) is 6.10. The van der Waals surface area contributed by atoms with Crippen molar-refractivity contribution in [1.82, 2.24) is 10.2 Å². The lowest BCUT2D eigenvalue weighted by Crippen LogP contribution is -2.36. The number of hydrogen-bond acceptors (Lipinski definition) is 2. The van der Waals surface area contributed by atoms with Crippen LogP contribution in [0.25, 0.3) is 0 Å². The van der Waals surface area contributed by atoms with Crippen LogP contribution in [-0.4, -0.2) is 30.4 Å². The van der Waals surface area contributed by atoms with Crippen LogP contribution in [-0.2, 0) is 11.3 Å². The highest BCUT2D eigenvalue weighted by Crippen LogP contribution is 2.18. The first-order chi connectivity index (χ1) is 8.68. The molecule has 0 atom stereocenters. The molecule has 0 aromatic heterocycles. The van der Waals surface area contributed by atoms with E-state index in [0.29, 0.717) is 10.6 Å². The maximum absolute atomic E-state index is 13.5.